The number of rotatable bonds is 6. The van der Waals surface area contributed by atoms with Crippen LogP contribution < -0.4 is 4.74 Å². The zero-order chi connectivity index (χ0) is 21.1. The van der Waals surface area contributed by atoms with E-state index in [2.05, 4.69) is 22.3 Å². The first-order valence-electron chi connectivity index (χ1n) is 10.1. The third-order valence-corrected chi connectivity index (χ3v) is 5.55. The second-order valence-electron chi connectivity index (χ2n) is 7.61. The van der Waals surface area contributed by atoms with E-state index in [4.69, 9.17) is 20.9 Å². The first-order valence-corrected chi connectivity index (χ1v) is 10.5. The van der Waals surface area contributed by atoms with Gasteiger partial charge in [0.15, 0.2) is 6.10 Å². The van der Waals surface area contributed by atoms with Crippen molar-refractivity contribution in [3.8, 4) is 17.1 Å². The van der Waals surface area contributed by atoms with Crippen LogP contribution >= 0.6 is 11.6 Å². The summed E-state index contributed by atoms with van der Waals surface area (Å²) < 4.78 is 11.2. The number of fused-ring (bicyclic) bond motifs is 1. The number of hydrogen-bond donors (Lipinski definition) is 0. The molecule has 1 aliphatic rings. The number of carbonyl (C=O) groups is 1. The molecule has 0 radical (unpaired) electrons. The molecule has 7 heteroatoms. The maximum absolute atomic E-state index is 12.8. The topological polar surface area (TPSA) is 68.5 Å². The van der Waals surface area contributed by atoms with Crippen molar-refractivity contribution < 1.29 is 14.1 Å². The normalized spacial score (nSPS) is 14.1. The molecule has 0 spiro atoms. The summed E-state index contributed by atoms with van der Waals surface area (Å²) in [6.07, 6.45) is 4.02. The highest BCUT2D eigenvalue weighted by molar-refractivity contribution is 6.30. The van der Waals surface area contributed by atoms with Crippen LogP contribution in [0, 0.1) is 0 Å². The minimum absolute atomic E-state index is 0.154. The summed E-state index contributed by atoms with van der Waals surface area (Å²) in [5, 5.41) is 4.62. The van der Waals surface area contributed by atoms with Gasteiger partial charge in [-0.05, 0) is 80.1 Å². The lowest BCUT2D eigenvalue weighted by atomic mass is 9.92. The monoisotopic (exact) mass is 425 g/mol. The highest BCUT2D eigenvalue weighted by atomic mass is 35.5. The number of carbonyl (C=O) groups excluding carboxylic acids is 1. The second-order valence-corrected chi connectivity index (χ2v) is 8.05. The fraction of sp³-hybridized carbons (Fsp3) is 0.348. The van der Waals surface area contributed by atoms with Crippen LogP contribution in [0.25, 0.3) is 11.4 Å². The third kappa shape index (κ3) is 4.65. The predicted octanol–water partition coefficient (Wildman–Crippen LogP) is 4.69. The van der Waals surface area contributed by atoms with Gasteiger partial charge in [0, 0.05) is 17.6 Å². The lowest BCUT2D eigenvalue weighted by molar-refractivity contribution is -0.137. The molecule has 0 aliphatic heterocycles. The highest BCUT2D eigenvalue weighted by Crippen LogP contribution is 2.26. The van der Waals surface area contributed by atoms with Crippen LogP contribution in [0.4, 0.5) is 0 Å². The quantitative estimate of drug-likeness (QED) is 0.572. The molecule has 30 heavy (non-hydrogen) atoms. The number of aryl methyl sites for hydroxylation is 2. The molecule has 1 amide bonds. The number of nitrogens with zero attached hydrogens (tertiary/aromatic N) is 3. The van der Waals surface area contributed by atoms with Crippen LogP contribution in [0.3, 0.4) is 0 Å². The molecule has 156 valence electrons. The SMILES string of the molecule is C[C@H](Oc1ccc2c(c1)CCCC2)C(=O)N(C)Cc1nc(-c2ccc(Cl)cc2)no1. The molecule has 0 unspecified atom stereocenters. The molecular formula is C23H24ClN3O3. The number of likely N-dealkylation sites (N-methyl/N-ethyl adjacent to an activating group) is 1. The van der Waals surface area contributed by atoms with E-state index in [0.29, 0.717) is 16.7 Å². The molecule has 1 aromatic heterocycles. The van der Waals surface area contributed by atoms with Gasteiger partial charge in [0.25, 0.3) is 5.91 Å². The van der Waals surface area contributed by atoms with E-state index in [-0.39, 0.29) is 12.5 Å². The lowest BCUT2D eigenvalue weighted by Crippen LogP contribution is -2.37. The molecule has 0 fully saturated rings. The van der Waals surface area contributed by atoms with Crippen molar-refractivity contribution >= 4 is 17.5 Å². The zero-order valence-electron chi connectivity index (χ0n) is 17.1. The molecule has 1 atom stereocenters. The molecule has 0 N–H and O–H groups in total. The van der Waals surface area contributed by atoms with Crippen LogP contribution in [-0.2, 0) is 24.2 Å². The van der Waals surface area contributed by atoms with Crippen molar-refractivity contribution in [1.29, 1.82) is 0 Å². The number of benzene rings is 2. The number of hydrogen-bond acceptors (Lipinski definition) is 5. The molecule has 6 nitrogen and oxygen atoms in total. The molecule has 3 aromatic rings. The Morgan fingerprint density at radius 1 is 1.17 bits per heavy atom. The highest BCUT2D eigenvalue weighted by Gasteiger charge is 2.22. The average molecular weight is 426 g/mol. The fourth-order valence-corrected chi connectivity index (χ4v) is 3.79. The molecule has 1 heterocycles. The van der Waals surface area contributed by atoms with Gasteiger partial charge in [0.05, 0.1) is 6.54 Å². The summed E-state index contributed by atoms with van der Waals surface area (Å²) in [6.45, 7) is 1.96. The Morgan fingerprint density at radius 2 is 1.90 bits per heavy atom. The summed E-state index contributed by atoms with van der Waals surface area (Å²) in [6, 6.07) is 13.3. The van der Waals surface area contributed by atoms with Crippen molar-refractivity contribution in [2.45, 2.75) is 45.3 Å². The maximum Gasteiger partial charge on any atom is 0.263 e. The van der Waals surface area contributed by atoms with Gasteiger partial charge in [0.2, 0.25) is 11.7 Å². The van der Waals surface area contributed by atoms with Crippen molar-refractivity contribution in [3.05, 3.63) is 64.5 Å². The Balaban J connectivity index is 1.37. The second kappa shape index (κ2) is 8.88. The van der Waals surface area contributed by atoms with E-state index < -0.39 is 6.10 Å². The first-order chi connectivity index (χ1) is 14.5. The largest absolute Gasteiger partial charge is 0.481 e. The van der Waals surface area contributed by atoms with E-state index >= 15 is 0 Å². The minimum atomic E-state index is -0.615. The van der Waals surface area contributed by atoms with Gasteiger partial charge in [-0.3, -0.25) is 4.79 Å². The molecule has 1 aliphatic carbocycles. The average Bonchev–Trinajstić information content (AvgIpc) is 3.22. The number of aromatic nitrogens is 2. The third-order valence-electron chi connectivity index (χ3n) is 5.30. The predicted molar refractivity (Wildman–Crippen MR) is 114 cm³/mol. The summed E-state index contributed by atoms with van der Waals surface area (Å²) in [7, 11) is 1.70. The minimum Gasteiger partial charge on any atom is -0.481 e. The van der Waals surface area contributed by atoms with E-state index in [1.165, 1.54) is 28.9 Å². The zero-order valence-corrected chi connectivity index (χ0v) is 17.9. The van der Waals surface area contributed by atoms with Gasteiger partial charge in [-0.2, -0.15) is 4.98 Å². The van der Waals surface area contributed by atoms with E-state index in [1.54, 1.807) is 26.1 Å². The Bertz CT molecular complexity index is 1030. The van der Waals surface area contributed by atoms with Crippen LogP contribution in [0.1, 0.15) is 36.8 Å². The smallest absolute Gasteiger partial charge is 0.263 e. The summed E-state index contributed by atoms with van der Waals surface area (Å²) in [4.78, 5) is 18.6. The molecule has 0 saturated carbocycles. The Morgan fingerprint density at radius 3 is 2.67 bits per heavy atom. The number of halogens is 1. The molecule has 2 aromatic carbocycles. The van der Waals surface area contributed by atoms with Crippen LogP contribution in [0.5, 0.6) is 5.75 Å². The van der Waals surface area contributed by atoms with Gasteiger partial charge in [-0.25, -0.2) is 0 Å². The molecule has 4 rings (SSSR count). The Hall–Kier alpha value is -2.86. The van der Waals surface area contributed by atoms with E-state index in [9.17, 15) is 4.79 Å². The Labute approximate surface area is 180 Å². The van der Waals surface area contributed by atoms with Crippen LogP contribution in [-0.4, -0.2) is 34.1 Å². The lowest BCUT2D eigenvalue weighted by Gasteiger charge is -2.22. The van der Waals surface area contributed by atoms with Crippen molar-refractivity contribution in [2.24, 2.45) is 0 Å². The summed E-state index contributed by atoms with van der Waals surface area (Å²) in [5.74, 6) is 1.39. The van der Waals surface area contributed by atoms with Crippen LogP contribution in [0.15, 0.2) is 47.0 Å². The van der Waals surface area contributed by atoms with Crippen molar-refractivity contribution in [3.63, 3.8) is 0 Å². The summed E-state index contributed by atoms with van der Waals surface area (Å²) in [5.41, 5.74) is 3.51. The molecular weight excluding hydrogens is 402 g/mol. The molecule has 0 bridgehead atoms. The first kappa shape index (κ1) is 20.4. The van der Waals surface area contributed by atoms with Crippen LogP contribution in [0.2, 0.25) is 5.02 Å². The maximum atomic E-state index is 12.8. The van der Waals surface area contributed by atoms with Crippen molar-refractivity contribution in [2.75, 3.05) is 7.05 Å². The molecule has 0 saturated heterocycles. The summed E-state index contributed by atoms with van der Waals surface area (Å²) >= 11 is 5.91. The number of amides is 1. The fourth-order valence-electron chi connectivity index (χ4n) is 3.66. The van der Waals surface area contributed by atoms with E-state index in [0.717, 1.165) is 24.2 Å². The number of ether oxygens (including phenoxy) is 1. The van der Waals surface area contributed by atoms with E-state index in [1.807, 2.05) is 18.2 Å². The standard InChI is InChI=1S/C23H24ClN3O3/c1-15(29-20-12-9-16-5-3-4-6-18(16)13-20)23(28)27(2)14-21-25-22(26-30-21)17-7-10-19(24)11-8-17/h7-13,15H,3-6,14H2,1-2H3/t15-/m0/s1. The van der Waals surface area contributed by atoms with Gasteiger partial charge >= 0.3 is 0 Å². The van der Waals surface area contributed by atoms with Gasteiger partial charge in [0.1, 0.15) is 5.75 Å². The van der Waals surface area contributed by atoms with Gasteiger partial charge < -0.3 is 14.2 Å². The van der Waals surface area contributed by atoms with Gasteiger partial charge in [-0.15, -0.1) is 0 Å². The van der Waals surface area contributed by atoms with Crippen molar-refractivity contribution in [1.82, 2.24) is 15.0 Å². The Kier molecular flexibility index (Phi) is 6.04. The van der Waals surface area contributed by atoms with Gasteiger partial charge in [-0.1, -0.05) is 22.8 Å².